The van der Waals surface area contributed by atoms with Gasteiger partial charge in [-0.05, 0) is 42.5 Å². The molecule has 4 rings (SSSR count). The molecule has 1 aromatic carbocycles. The number of hydrogen-bond acceptors (Lipinski definition) is 5. The normalized spacial score (nSPS) is 28.7. The van der Waals surface area contributed by atoms with Crippen LogP contribution in [-0.4, -0.2) is 37.6 Å². The molecular formula is C18H19N3O5S. The van der Waals surface area contributed by atoms with Crippen LogP contribution in [0.2, 0.25) is 0 Å². The van der Waals surface area contributed by atoms with Crippen molar-refractivity contribution in [3.05, 3.63) is 36.4 Å². The Balaban J connectivity index is 1.35. The molecule has 1 saturated heterocycles. The molecule has 142 valence electrons. The van der Waals surface area contributed by atoms with E-state index in [-0.39, 0.29) is 59.3 Å². The number of nitrogens with two attached hydrogens (primary N) is 1. The van der Waals surface area contributed by atoms with E-state index in [9.17, 15) is 22.8 Å². The fourth-order valence-corrected chi connectivity index (χ4v) is 4.86. The van der Waals surface area contributed by atoms with Crippen molar-refractivity contribution in [3.8, 4) is 0 Å². The number of carbonyl (C=O) groups excluding carboxylic acids is 3. The van der Waals surface area contributed by atoms with Gasteiger partial charge in [0.25, 0.3) is 0 Å². The van der Waals surface area contributed by atoms with Crippen molar-refractivity contribution in [2.75, 3.05) is 11.9 Å². The average Bonchev–Trinajstić information content (AvgIpc) is 3.28. The number of nitrogens with zero attached hydrogens (tertiary/aromatic N) is 1. The maximum absolute atomic E-state index is 12.6. The quantitative estimate of drug-likeness (QED) is 0.559. The number of nitrogens with one attached hydrogen (secondary N) is 1. The van der Waals surface area contributed by atoms with Crippen LogP contribution in [0.1, 0.15) is 12.8 Å². The zero-order valence-corrected chi connectivity index (χ0v) is 15.2. The van der Waals surface area contributed by atoms with E-state index >= 15 is 0 Å². The second-order valence-electron chi connectivity index (χ2n) is 7.20. The van der Waals surface area contributed by atoms with E-state index < -0.39 is 10.0 Å². The SMILES string of the molecule is NS(=O)(=O)c1ccc(NC(=O)CCN2C(=O)[C@@H]3[C@H](C2=O)[C@H]2C=C[C@H]3C2)cc1. The highest BCUT2D eigenvalue weighted by atomic mass is 32.2. The first-order valence-electron chi connectivity index (χ1n) is 8.72. The van der Waals surface area contributed by atoms with E-state index in [1.54, 1.807) is 0 Å². The van der Waals surface area contributed by atoms with Crippen LogP contribution in [0, 0.1) is 23.7 Å². The summed E-state index contributed by atoms with van der Waals surface area (Å²) in [5, 5.41) is 7.64. The van der Waals surface area contributed by atoms with Crippen molar-refractivity contribution in [1.82, 2.24) is 4.90 Å². The summed E-state index contributed by atoms with van der Waals surface area (Å²) in [5.41, 5.74) is 0.408. The van der Waals surface area contributed by atoms with Gasteiger partial charge in [0.15, 0.2) is 0 Å². The average molecular weight is 389 g/mol. The molecule has 4 atom stereocenters. The van der Waals surface area contributed by atoms with E-state index in [4.69, 9.17) is 5.14 Å². The zero-order valence-electron chi connectivity index (χ0n) is 14.4. The van der Waals surface area contributed by atoms with Crippen LogP contribution >= 0.6 is 0 Å². The highest BCUT2D eigenvalue weighted by Gasteiger charge is 2.58. The summed E-state index contributed by atoms with van der Waals surface area (Å²) < 4.78 is 22.5. The maximum atomic E-state index is 12.6. The summed E-state index contributed by atoms with van der Waals surface area (Å²) >= 11 is 0. The van der Waals surface area contributed by atoms with Crippen LogP contribution < -0.4 is 10.5 Å². The molecule has 8 nitrogen and oxygen atoms in total. The number of benzene rings is 1. The fraction of sp³-hybridized carbons (Fsp3) is 0.389. The Hall–Kier alpha value is -2.52. The smallest absolute Gasteiger partial charge is 0.238 e. The Bertz CT molecular complexity index is 924. The van der Waals surface area contributed by atoms with E-state index in [1.807, 2.05) is 12.2 Å². The third-order valence-corrected chi connectivity index (χ3v) is 6.52. The largest absolute Gasteiger partial charge is 0.326 e. The van der Waals surface area contributed by atoms with Gasteiger partial charge in [0.05, 0.1) is 16.7 Å². The minimum atomic E-state index is -3.79. The van der Waals surface area contributed by atoms with Gasteiger partial charge in [0, 0.05) is 18.7 Å². The molecular weight excluding hydrogens is 370 g/mol. The molecule has 2 fully saturated rings. The minimum Gasteiger partial charge on any atom is -0.326 e. The molecule has 0 radical (unpaired) electrons. The first-order chi connectivity index (χ1) is 12.8. The van der Waals surface area contributed by atoms with E-state index in [0.717, 1.165) is 6.42 Å². The van der Waals surface area contributed by atoms with Crippen molar-refractivity contribution in [2.45, 2.75) is 17.7 Å². The van der Waals surface area contributed by atoms with Crippen molar-refractivity contribution in [2.24, 2.45) is 28.8 Å². The summed E-state index contributed by atoms with van der Waals surface area (Å²) in [5.74, 6) is -0.945. The summed E-state index contributed by atoms with van der Waals surface area (Å²) in [7, 11) is -3.79. The second-order valence-corrected chi connectivity index (χ2v) is 8.76. The lowest BCUT2D eigenvalue weighted by Crippen LogP contribution is -2.35. The first kappa shape index (κ1) is 17.9. The summed E-state index contributed by atoms with van der Waals surface area (Å²) in [4.78, 5) is 38.4. The van der Waals surface area contributed by atoms with Crippen molar-refractivity contribution in [1.29, 1.82) is 0 Å². The fourth-order valence-electron chi connectivity index (χ4n) is 4.35. The number of imide groups is 1. The van der Waals surface area contributed by atoms with Gasteiger partial charge in [-0.25, -0.2) is 13.6 Å². The molecule has 2 aliphatic carbocycles. The van der Waals surface area contributed by atoms with Gasteiger partial charge in [-0.15, -0.1) is 0 Å². The molecule has 9 heteroatoms. The number of sulfonamides is 1. The number of likely N-dealkylation sites (tertiary alicyclic amines) is 1. The van der Waals surface area contributed by atoms with Gasteiger partial charge in [0.1, 0.15) is 0 Å². The number of hydrogen-bond donors (Lipinski definition) is 2. The number of carbonyl (C=O) groups is 3. The van der Waals surface area contributed by atoms with Gasteiger partial charge in [-0.3, -0.25) is 19.3 Å². The van der Waals surface area contributed by atoms with Crippen LogP contribution in [0.5, 0.6) is 0 Å². The summed E-state index contributed by atoms with van der Waals surface area (Å²) in [6.07, 6.45) is 4.91. The Morgan fingerprint density at radius 2 is 1.63 bits per heavy atom. The Morgan fingerprint density at radius 1 is 1.07 bits per heavy atom. The molecule has 1 heterocycles. The molecule has 3 aliphatic rings. The summed E-state index contributed by atoms with van der Waals surface area (Å²) in [6.45, 7) is 0.0468. The summed E-state index contributed by atoms with van der Waals surface area (Å²) in [6, 6.07) is 5.44. The highest BCUT2D eigenvalue weighted by molar-refractivity contribution is 7.89. The van der Waals surface area contributed by atoms with Crippen LogP contribution in [0.25, 0.3) is 0 Å². The van der Waals surface area contributed by atoms with Crippen molar-refractivity contribution >= 4 is 33.4 Å². The lowest BCUT2D eigenvalue weighted by Gasteiger charge is -2.17. The Morgan fingerprint density at radius 3 is 2.15 bits per heavy atom. The van der Waals surface area contributed by atoms with Gasteiger partial charge >= 0.3 is 0 Å². The van der Waals surface area contributed by atoms with Crippen LogP contribution in [0.15, 0.2) is 41.3 Å². The monoisotopic (exact) mass is 389 g/mol. The number of primary sulfonamides is 1. The zero-order chi connectivity index (χ0) is 19.3. The van der Waals surface area contributed by atoms with Gasteiger partial charge < -0.3 is 5.32 Å². The Labute approximate surface area is 156 Å². The van der Waals surface area contributed by atoms with Crippen LogP contribution in [0.3, 0.4) is 0 Å². The molecule has 0 unspecified atom stereocenters. The maximum Gasteiger partial charge on any atom is 0.238 e. The van der Waals surface area contributed by atoms with E-state index in [2.05, 4.69) is 5.32 Å². The molecule has 2 bridgehead atoms. The van der Waals surface area contributed by atoms with E-state index in [0.29, 0.717) is 5.69 Å². The third kappa shape index (κ3) is 3.06. The van der Waals surface area contributed by atoms with Gasteiger partial charge in [0.2, 0.25) is 27.7 Å². The molecule has 0 aromatic heterocycles. The van der Waals surface area contributed by atoms with Crippen LogP contribution in [0.4, 0.5) is 5.69 Å². The lowest BCUT2D eigenvalue weighted by molar-refractivity contribution is -0.140. The van der Waals surface area contributed by atoms with Crippen LogP contribution in [-0.2, 0) is 24.4 Å². The molecule has 3 N–H and O–H groups in total. The molecule has 0 spiro atoms. The predicted octanol–water partition coefficient (Wildman–Crippen LogP) is 0.470. The first-order valence-corrected chi connectivity index (χ1v) is 10.3. The number of amides is 3. The number of anilines is 1. The number of rotatable bonds is 5. The predicted molar refractivity (Wildman–Crippen MR) is 95.5 cm³/mol. The second kappa shape index (κ2) is 6.28. The van der Waals surface area contributed by atoms with Crippen molar-refractivity contribution in [3.63, 3.8) is 0 Å². The molecule has 1 saturated carbocycles. The lowest BCUT2D eigenvalue weighted by atomic mass is 9.85. The molecule has 1 aromatic rings. The molecule has 3 amide bonds. The standard InChI is InChI=1S/C18H19N3O5S/c19-27(25,26)13-5-3-12(4-6-13)20-14(22)7-8-21-17(23)15-10-1-2-11(9-10)16(15)18(21)24/h1-6,10-11,15-16H,7-9H2,(H,20,22)(H2,19,25,26)/t10-,11-,15-,16+/m0/s1. The third-order valence-electron chi connectivity index (χ3n) is 5.59. The highest BCUT2D eigenvalue weighted by Crippen LogP contribution is 2.52. The number of fused-ring (bicyclic) bond motifs is 5. The Kier molecular flexibility index (Phi) is 4.15. The van der Waals surface area contributed by atoms with Crippen molar-refractivity contribution < 1.29 is 22.8 Å². The number of allylic oxidation sites excluding steroid dienone is 2. The van der Waals surface area contributed by atoms with Gasteiger partial charge in [-0.2, -0.15) is 0 Å². The molecule has 1 aliphatic heterocycles. The van der Waals surface area contributed by atoms with Gasteiger partial charge in [-0.1, -0.05) is 12.2 Å². The minimum absolute atomic E-state index is 0.0172. The van der Waals surface area contributed by atoms with E-state index in [1.165, 1.54) is 29.2 Å². The topological polar surface area (TPSA) is 127 Å². The molecule has 27 heavy (non-hydrogen) atoms.